The Labute approximate surface area is 186 Å². The molecule has 2 N–H and O–H groups in total. The van der Waals surface area contributed by atoms with Crippen LogP contribution in [0.15, 0.2) is 53.0 Å². The number of amides is 2. The fraction of sp³-hybridized carbons (Fsp3) is 0.435. The molecule has 2 aliphatic rings. The maximum absolute atomic E-state index is 12.5. The fourth-order valence-electron chi connectivity index (χ4n) is 3.92. The van der Waals surface area contributed by atoms with Gasteiger partial charge in [-0.05, 0) is 71.7 Å². The van der Waals surface area contributed by atoms with E-state index in [2.05, 4.69) is 49.7 Å². The third-order valence-electron chi connectivity index (χ3n) is 5.67. The van der Waals surface area contributed by atoms with E-state index in [4.69, 9.17) is 4.74 Å². The van der Waals surface area contributed by atoms with Gasteiger partial charge in [-0.1, -0.05) is 24.3 Å². The summed E-state index contributed by atoms with van der Waals surface area (Å²) < 4.78 is 7.18. The number of piperazine rings is 1. The maximum Gasteiger partial charge on any atom is 0.321 e. The van der Waals surface area contributed by atoms with E-state index in [9.17, 15) is 4.79 Å². The number of hydrogen-bond donors (Lipinski definition) is 2. The molecule has 6 nitrogen and oxygen atoms in total. The Balaban J connectivity index is 1.25. The molecular weight excluding hydrogens is 444 g/mol. The van der Waals surface area contributed by atoms with Gasteiger partial charge >= 0.3 is 6.03 Å². The lowest BCUT2D eigenvalue weighted by Crippen LogP contribution is -2.49. The second-order valence-electron chi connectivity index (χ2n) is 7.89. The molecule has 160 valence electrons. The average molecular weight is 473 g/mol. The summed E-state index contributed by atoms with van der Waals surface area (Å²) in [6.45, 7) is 6.12. The third kappa shape index (κ3) is 5.74. The summed E-state index contributed by atoms with van der Waals surface area (Å²) in [6.07, 6.45) is 2.40. The van der Waals surface area contributed by atoms with E-state index in [1.807, 2.05) is 35.2 Å². The zero-order valence-electron chi connectivity index (χ0n) is 17.1. The predicted molar refractivity (Wildman–Crippen MR) is 123 cm³/mol. The van der Waals surface area contributed by atoms with Crippen LogP contribution in [0.3, 0.4) is 0 Å². The molecule has 2 aliphatic heterocycles. The highest BCUT2D eigenvalue weighted by atomic mass is 79.9. The SMILES string of the molecule is O=C(Nc1ccccc1)N1CCN(Cc2ccc(OC3CCNCC3)c(Br)c2)CC1. The lowest BCUT2D eigenvalue weighted by molar-refractivity contribution is 0.142. The molecule has 2 amide bonds. The zero-order chi connectivity index (χ0) is 20.8. The first-order chi connectivity index (χ1) is 14.7. The van der Waals surface area contributed by atoms with Gasteiger partial charge in [0.05, 0.1) is 4.47 Å². The van der Waals surface area contributed by atoms with Gasteiger partial charge in [0.1, 0.15) is 11.9 Å². The molecule has 2 aromatic carbocycles. The summed E-state index contributed by atoms with van der Waals surface area (Å²) in [6, 6.07) is 16.0. The molecule has 0 aromatic heterocycles. The Hall–Kier alpha value is -2.09. The number of anilines is 1. The van der Waals surface area contributed by atoms with Crippen LogP contribution in [-0.4, -0.2) is 61.2 Å². The van der Waals surface area contributed by atoms with Crippen molar-refractivity contribution < 1.29 is 9.53 Å². The highest BCUT2D eigenvalue weighted by molar-refractivity contribution is 9.10. The normalized spacial score (nSPS) is 18.2. The molecular formula is C23H29BrN4O2. The summed E-state index contributed by atoms with van der Waals surface area (Å²) in [7, 11) is 0. The van der Waals surface area contributed by atoms with Crippen molar-refractivity contribution in [2.45, 2.75) is 25.5 Å². The molecule has 30 heavy (non-hydrogen) atoms. The van der Waals surface area contributed by atoms with Crippen molar-refractivity contribution in [2.75, 3.05) is 44.6 Å². The van der Waals surface area contributed by atoms with Crippen LogP contribution in [0.25, 0.3) is 0 Å². The number of urea groups is 1. The number of carbonyl (C=O) groups excluding carboxylic acids is 1. The number of nitrogens with zero attached hydrogens (tertiary/aromatic N) is 2. The Morgan fingerprint density at radius 2 is 1.80 bits per heavy atom. The molecule has 2 heterocycles. The number of carbonyl (C=O) groups is 1. The van der Waals surface area contributed by atoms with Crippen molar-refractivity contribution >= 4 is 27.6 Å². The van der Waals surface area contributed by atoms with Crippen molar-refractivity contribution in [2.24, 2.45) is 0 Å². The number of benzene rings is 2. The van der Waals surface area contributed by atoms with Crippen LogP contribution in [-0.2, 0) is 6.54 Å². The number of rotatable bonds is 5. The second kappa shape index (κ2) is 10.3. The summed E-state index contributed by atoms with van der Waals surface area (Å²) in [5.74, 6) is 0.924. The minimum absolute atomic E-state index is 0.0250. The molecule has 0 bridgehead atoms. The van der Waals surface area contributed by atoms with Crippen LogP contribution in [0.1, 0.15) is 18.4 Å². The van der Waals surface area contributed by atoms with Crippen LogP contribution in [0, 0.1) is 0 Å². The highest BCUT2D eigenvalue weighted by Gasteiger charge is 2.22. The van der Waals surface area contributed by atoms with E-state index in [-0.39, 0.29) is 6.03 Å². The van der Waals surface area contributed by atoms with Crippen molar-refractivity contribution in [1.82, 2.24) is 15.1 Å². The lowest BCUT2D eigenvalue weighted by Gasteiger charge is -2.34. The molecule has 2 aromatic rings. The number of para-hydroxylation sites is 1. The zero-order valence-corrected chi connectivity index (χ0v) is 18.7. The van der Waals surface area contributed by atoms with Gasteiger partial charge in [-0.3, -0.25) is 4.90 Å². The van der Waals surface area contributed by atoms with Crippen LogP contribution < -0.4 is 15.4 Å². The number of hydrogen-bond acceptors (Lipinski definition) is 4. The second-order valence-corrected chi connectivity index (χ2v) is 8.75. The lowest BCUT2D eigenvalue weighted by atomic mass is 10.1. The van der Waals surface area contributed by atoms with Crippen molar-refractivity contribution in [3.63, 3.8) is 0 Å². The molecule has 4 rings (SSSR count). The highest BCUT2D eigenvalue weighted by Crippen LogP contribution is 2.29. The van der Waals surface area contributed by atoms with Crippen LogP contribution in [0.4, 0.5) is 10.5 Å². The van der Waals surface area contributed by atoms with Gasteiger partial charge in [-0.25, -0.2) is 4.79 Å². The minimum Gasteiger partial charge on any atom is -0.489 e. The van der Waals surface area contributed by atoms with Crippen molar-refractivity contribution in [3.8, 4) is 5.75 Å². The first kappa shape index (κ1) is 21.2. The Kier molecular flexibility index (Phi) is 7.25. The first-order valence-electron chi connectivity index (χ1n) is 10.7. The summed E-state index contributed by atoms with van der Waals surface area (Å²) in [5, 5.41) is 6.33. The van der Waals surface area contributed by atoms with Gasteiger partial charge in [-0.2, -0.15) is 0 Å². The maximum atomic E-state index is 12.5. The van der Waals surface area contributed by atoms with Crippen molar-refractivity contribution in [3.05, 3.63) is 58.6 Å². The minimum atomic E-state index is -0.0250. The summed E-state index contributed by atoms with van der Waals surface area (Å²) in [5.41, 5.74) is 2.09. The molecule has 0 aliphatic carbocycles. The molecule has 2 saturated heterocycles. The van der Waals surface area contributed by atoms with Gasteiger partial charge in [0.15, 0.2) is 0 Å². The topological polar surface area (TPSA) is 56.8 Å². The van der Waals surface area contributed by atoms with E-state index in [0.717, 1.165) is 74.6 Å². The Bertz CT molecular complexity index is 834. The van der Waals surface area contributed by atoms with E-state index < -0.39 is 0 Å². The van der Waals surface area contributed by atoms with Crippen molar-refractivity contribution in [1.29, 1.82) is 0 Å². The van der Waals surface area contributed by atoms with Gasteiger partial charge in [0, 0.05) is 38.4 Å². The van der Waals surface area contributed by atoms with Crippen LogP contribution in [0.5, 0.6) is 5.75 Å². The predicted octanol–water partition coefficient (Wildman–Crippen LogP) is 3.93. The van der Waals surface area contributed by atoms with Gasteiger partial charge < -0.3 is 20.3 Å². The van der Waals surface area contributed by atoms with E-state index in [1.165, 1.54) is 5.56 Å². The molecule has 0 unspecified atom stereocenters. The number of piperidine rings is 1. The average Bonchev–Trinajstić information content (AvgIpc) is 2.77. The van der Waals surface area contributed by atoms with Crippen LogP contribution in [0.2, 0.25) is 0 Å². The Morgan fingerprint density at radius 3 is 2.50 bits per heavy atom. The summed E-state index contributed by atoms with van der Waals surface area (Å²) in [4.78, 5) is 16.7. The molecule has 2 fully saturated rings. The number of halogens is 1. The molecule has 0 spiro atoms. The Morgan fingerprint density at radius 1 is 1.07 bits per heavy atom. The first-order valence-corrected chi connectivity index (χ1v) is 11.5. The van der Waals surface area contributed by atoms with Crippen LogP contribution >= 0.6 is 15.9 Å². The number of nitrogens with one attached hydrogen (secondary N) is 2. The summed E-state index contributed by atoms with van der Waals surface area (Å²) >= 11 is 3.68. The largest absolute Gasteiger partial charge is 0.489 e. The smallest absolute Gasteiger partial charge is 0.321 e. The van der Waals surface area contributed by atoms with E-state index in [1.54, 1.807) is 0 Å². The molecule has 0 radical (unpaired) electrons. The van der Waals surface area contributed by atoms with Gasteiger partial charge in [0.2, 0.25) is 0 Å². The third-order valence-corrected chi connectivity index (χ3v) is 6.29. The fourth-order valence-corrected chi connectivity index (χ4v) is 4.44. The quantitative estimate of drug-likeness (QED) is 0.691. The number of ether oxygens (including phenoxy) is 1. The van der Waals surface area contributed by atoms with E-state index in [0.29, 0.717) is 6.10 Å². The molecule has 0 atom stereocenters. The van der Waals surface area contributed by atoms with Gasteiger partial charge in [0.25, 0.3) is 0 Å². The van der Waals surface area contributed by atoms with Gasteiger partial charge in [-0.15, -0.1) is 0 Å². The standard InChI is InChI=1S/C23H29BrN4O2/c24-21-16-18(6-7-22(21)30-20-8-10-25-11-9-20)17-27-12-14-28(15-13-27)23(29)26-19-4-2-1-3-5-19/h1-7,16,20,25H,8-15,17H2,(H,26,29). The van der Waals surface area contributed by atoms with E-state index >= 15 is 0 Å². The monoisotopic (exact) mass is 472 g/mol. The molecule has 7 heteroatoms. The molecule has 0 saturated carbocycles.